The standard InChI is InChI=1S/C10H17FO.C2H5NO/c1-3-7(2)10-8(11)5-4-6-9(10)12;1-2(3)4/h3,8-10,12H,4-6H2,1-2H3;1H3,(H2,3,4)/b7-3+;. The molecule has 0 heterocycles. The first-order chi connectivity index (χ1) is 7.40. The molecule has 0 aliphatic heterocycles. The van der Waals surface area contributed by atoms with Crippen LogP contribution in [0, 0.1) is 5.92 Å². The van der Waals surface area contributed by atoms with E-state index in [0.717, 1.165) is 18.4 Å². The predicted molar refractivity (Wildman–Crippen MR) is 62.5 cm³/mol. The number of rotatable bonds is 1. The van der Waals surface area contributed by atoms with Crippen LogP contribution in [0.5, 0.6) is 0 Å². The smallest absolute Gasteiger partial charge is 0.214 e. The highest BCUT2D eigenvalue weighted by Gasteiger charge is 2.32. The molecular formula is C12H22FNO2. The molecule has 1 amide bonds. The maximum absolute atomic E-state index is 13.3. The Labute approximate surface area is 96.5 Å². The molecule has 0 saturated heterocycles. The van der Waals surface area contributed by atoms with Gasteiger partial charge in [-0.1, -0.05) is 11.6 Å². The maximum Gasteiger partial charge on any atom is 0.214 e. The summed E-state index contributed by atoms with van der Waals surface area (Å²) < 4.78 is 13.3. The number of aliphatic hydroxyl groups excluding tert-OH is 1. The van der Waals surface area contributed by atoms with Crippen LogP contribution in [0.3, 0.4) is 0 Å². The number of halogens is 1. The first kappa shape index (κ1) is 15.1. The van der Waals surface area contributed by atoms with Gasteiger partial charge in [-0.15, -0.1) is 0 Å². The van der Waals surface area contributed by atoms with E-state index in [2.05, 4.69) is 5.73 Å². The third-order valence-electron chi connectivity index (χ3n) is 2.77. The van der Waals surface area contributed by atoms with Crippen LogP contribution in [-0.4, -0.2) is 23.3 Å². The van der Waals surface area contributed by atoms with E-state index < -0.39 is 12.3 Å². The number of carbonyl (C=O) groups is 1. The molecular weight excluding hydrogens is 209 g/mol. The van der Waals surface area contributed by atoms with E-state index in [0.29, 0.717) is 6.42 Å². The van der Waals surface area contributed by atoms with Gasteiger partial charge >= 0.3 is 0 Å². The van der Waals surface area contributed by atoms with Crippen molar-refractivity contribution in [2.45, 2.75) is 52.3 Å². The largest absolute Gasteiger partial charge is 0.392 e. The number of alkyl halides is 1. The molecule has 0 aromatic carbocycles. The van der Waals surface area contributed by atoms with Crippen LogP contribution in [0.2, 0.25) is 0 Å². The highest BCUT2D eigenvalue weighted by atomic mass is 19.1. The summed E-state index contributed by atoms with van der Waals surface area (Å²) in [7, 11) is 0. The Morgan fingerprint density at radius 3 is 2.31 bits per heavy atom. The van der Waals surface area contributed by atoms with Gasteiger partial charge in [-0.05, 0) is 33.1 Å². The molecule has 0 radical (unpaired) electrons. The number of nitrogens with two attached hydrogens (primary N) is 1. The van der Waals surface area contributed by atoms with Crippen molar-refractivity contribution in [3.05, 3.63) is 11.6 Å². The van der Waals surface area contributed by atoms with E-state index in [1.54, 1.807) is 0 Å². The molecule has 0 aromatic rings. The minimum Gasteiger partial charge on any atom is -0.392 e. The summed E-state index contributed by atoms with van der Waals surface area (Å²) >= 11 is 0. The average Bonchev–Trinajstić information content (AvgIpc) is 2.16. The van der Waals surface area contributed by atoms with Gasteiger partial charge in [-0.2, -0.15) is 0 Å². The van der Waals surface area contributed by atoms with Gasteiger partial charge in [0.05, 0.1) is 6.10 Å². The van der Waals surface area contributed by atoms with Crippen molar-refractivity contribution in [1.29, 1.82) is 0 Å². The summed E-state index contributed by atoms with van der Waals surface area (Å²) in [5.41, 5.74) is 5.45. The third kappa shape index (κ3) is 5.26. The zero-order valence-electron chi connectivity index (χ0n) is 10.2. The van der Waals surface area contributed by atoms with Crippen molar-refractivity contribution in [2.75, 3.05) is 0 Å². The molecule has 4 heteroatoms. The molecule has 1 aliphatic rings. The number of amides is 1. The van der Waals surface area contributed by atoms with Gasteiger partial charge in [0.25, 0.3) is 0 Å². The van der Waals surface area contributed by atoms with E-state index in [4.69, 9.17) is 0 Å². The molecule has 3 N–H and O–H groups in total. The normalized spacial score (nSPS) is 30.3. The van der Waals surface area contributed by atoms with Crippen LogP contribution in [0.4, 0.5) is 4.39 Å². The van der Waals surface area contributed by atoms with E-state index >= 15 is 0 Å². The number of aliphatic hydroxyl groups is 1. The summed E-state index contributed by atoms with van der Waals surface area (Å²) in [5, 5.41) is 9.56. The Morgan fingerprint density at radius 1 is 1.44 bits per heavy atom. The lowest BCUT2D eigenvalue weighted by molar-refractivity contribution is -0.115. The van der Waals surface area contributed by atoms with Crippen molar-refractivity contribution in [1.82, 2.24) is 0 Å². The monoisotopic (exact) mass is 231 g/mol. The zero-order chi connectivity index (χ0) is 12.7. The molecule has 1 aliphatic carbocycles. The Balaban J connectivity index is 0.000000487. The topological polar surface area (TPSA) is 63.3 Å². The van der Waals surface area contributed by atoms with Gasteiger partial charge in [-0.3, -0.25) is 4.79 Å². The lowest BCUT2D eigenvalue weighted by Gasteiger charge is -2.31. The van der Waals surface area contributed by atoms with Crippen molar-refractivity contribution in [3.63, 3.8) is 0 Å². The molecule has 0 bridgehead atoms. The van der Waals surface area contributed by atoms with Crippen LogP contribution in [0.1, 0.15) is 40.0 Å². The van der Waals surface area contributed by atoms with Crippen LogP contribution in [0.25, 0.3) is 0 Å². The molecule has 1 rings (SSSR count). The van der Waals surface area contributed by atoms with Gasteiger partial charge in [0.2, 0.25) is 5.91 Å². The number of primary amides is 1. The van der Waals surface area contributed by atoms with Crippen molar-refractivity contribution in [3.8, 4) is 0 Å². The van der Waals surface area contributed by atoms with E-state index in [-0.39, 0.29) is 11.8 Å². The summed E-state index contributed by atoms with van der Waals surface area (Å²) in [6, 6.07) is 0. The minimum atomic E-state index is -0.843. The molecule has 1 saturated carbocycles. The van der Waals surface area contributed by atoms with Gasteiger partial charge < -0.3 is 10.8 Å². The highest BCUT2D eigenvalue weighted by Crippen LogP contribution is 2.32. The number of carbonyl (C=O) groups excluding carboxylic acids is 1. The molecule has 3 atom stereocenters. The summed E-state index contributed by atoms with van der Waals surface area (Å²) in [4.78, 5) is 9.22. The number of hydrogen-bond donors (Lipinski definition) is 2. The Kier molecular flexibility index (Phi) is 6.97. The molecule has 3 nitrogen and oxygen atoms in total. The van der Waals surface area contributed by atoms with E-state index in [9.17, 15) is 14.3 Å². The van der Waals surface area contributed by atoms with Crippen LogP contribution in [0.15, 0.2) is 11.6 Å². The fourth-order valence-corrected chi connectivity index (χ4v) is 1.90. The molecule has 3 unspecified atom stereocenters. The first-order valence-corrected chi connectivity index (χ1v) is 5.61. The van der Waals surface area contributed by atoms with Gasteiger partial charge in [0.15, 0.2) is 0 Å². The molecule has 0 spiro atoms. The second-order valence-electron chi connectivity index (χ2n) is 4.18. The maximum atomic E-state index is 13.3. The van der Waals surface area contributed by atoms with Crippen molar-refractivity contribution < 1.29 is 14.3 Å². The second-order valence-corrected chi connectivity index (χ2v) is 4.18. The van der Waals surface area contributed by atoms with Crippen LogP contribution >= 0.6 is 0 Å². The Morgan fingerprint density at radius 2 is 1.94 bits per heavy atom. The highest BCUT2D eigenvalue weighted by molar-refractivity contribution is 5.70. The summed E-state index contributed by atoms with van der Waals surface area (Å²) in [5.74, 6) is -0.580. The second kappa shape index (κ2) is 7.39. The van der Waals surface area contributed by atoms with Crippen molar-refractivity contribution in [2.24, 2.45) is 11.7 Å². The summed E-state index contributed by atoms with van der Waals surface area (Å²) in [6.45, 7) is 5.09. The molecule has 94 valence electrons. The fourth-order valence-electron chi connectivity index (χ4n) is 1.90. The number of hydrogen-bond acceptors (Lipinski definition) is 2. The average molecular weight is 231 g/mol. The van der Waals surface area contributed by atoms with Gasteiger partial charge in [-0.25, -0.2) is 4.39 Å². The zero-order valence-corrected chi connectivity index (χ0v) is 10.2. The van der Waals surface area contributed by atoms with E-state index in [1.807, 2.05) is 19.9 Å². The quantitative estimate of drug-likeness (QED) is 0.677. The molecule has 16 heavy (non-hydrogen) atoms. The lowest BCUT2D eigenvalue weighted by Crippen LogP contribution is -2.34. The summed E-state index contributed by atoms with van der Waals surface area (Å²) in [6.07, 6.45) is 2.75. The van der Waals surface area contributed by atoms with E-state index in [1.165, 1.54) is 6.92 Å². The minimum absolute atomic E-state index is 0.247. The Hall–Kier alpha value is -0.900. The molecule has 0 aromatic heterocycles. The van der Waals surface area contributed by atoms with Crippen LogP contribution in [-0.2, 0) is 4.79 Å². The number of allylic oxidation sites excluding steroid dienone is 1. The lowest BCUT2D eigenvalue weighted by atomic mass is 9.80. The first-order valence-electron chi connectivity index (χ1n) is 5.61. The third-order valence-corrected chi connectivity index (χ3v) is 2.77. The van der Waals surface area contributed by atoms with Gasteiger partial charge in [0, 0.05) is 12.8 Å². The van der Waals surface area contributed by atoms with Crippen molar-refractivity contribution >= 4 is 5.91 Å². The Bertz CT molecular complexity index is 239. The van der Waals surface area contributed by atoms with Crippen LogP contribution < -0.4 is 5.73 Å². The fraction of sp³-hybridized carbons (Fsp3) is 0.750. The van der Waals surface area contributed by atoms with Gasteiger partial charge in [0.1, 0.15) is 6.17 Å². The SMILES string of the molecule is C/C=C(\C)C1C(O)CCCC1F.CC(N)=O. The molecule has 1 fully saturated rings. The predicted octanol–water partition coefficient (Wildman–Crippen LogP) is 1.94.